The lowest BCUT2D eigenvalue weighted by atomic mass is 10.2. The van der Waals surface area contributed by atoms with Gasteiger partial charge in [0.1, 0.15) is 0 Å². The highest BCUT2D eigenvalue weighted by atomic mass is 16.7. The minimum Gasteiger partial charge on any atom is -0.493 e. The lowest BCUT2D eigenvalue weighted by Crippen LogP contribution is -2.46. The molecule has 2 N–H and O–H groups in total. The molecule has 2 rings (SSSR count). The van der Waals surface area contributed by atoms with Crippen LogP contribution in [-0.2, 0) is 14.3 Å². The smallest absolute Gasteiger partial charge is 0.315 e. The first-order chi connectivity index (χ1) is 12.5. The van der Waals surface area contributed by atoms with Crippen LogP contribution >= 0.6 is 0 Å². The third-order valence-electron chi connectivity index (χ3n) is 4.09. The van der Waals surface area contributed by atoms with Gasteiger partial charge >= 0.3 is 6.03 Å². The molecule has 0 saturated carbocycles. The molecule has 1 unspecified atom stereocenters. The maximum absolute atomic E-state index is 12.3. The summed E-state index contributed by atoms with van der Waals surface area (Å²) in [4.78, 5) is 25.9. The summed E-state index contributed by atoms with van der Waals surface area (Å²) in [7, 11) is 6.07. The van der Waals surface area contributed by atoms with Crippen LogP contribution in [0.4, 0.5) is 10.5 Å². The molecule has 1 fully saturated rings. The number of hydrogen-bond donors (Lipinski definition) is 2. The quantitative estimate of drug-likeness (QED) is 0.657. The number of carbonyl (C=O) groups excluding carboxylic acids is 2. The van der Waals surface area contributed by atoms with E-state index >= 15 is 0 Å². The molecule has 1 aromatic carbocycles. The highest BCUT2D eigenvalue weighted by Crippen LogP contribution is 2.33. The van der Waals surface area contributed by atoms with Gasteiger partial charge in [0.15, 0.2) is 17.8 Å². The summed E-state index contributed by atoms with van der Waals surface area (Å²) in [6.07, 6.45) is -0.297. The van der Waals surface area contributed by atoms with Crippen molar-refractivity contribution in [3.8, 4) is 11.5 Å². The van der Waals surface area contributed by atoms with E-state index in [9.17, 15) is 9.59 Å². The highest BCUT2D eigenvalue weighted by molar-refractivity contribution is 5.97. The molecule has 1 aliphatic rings. The zero-order valence-electron chi connectivity index (χ0n) is 15.4. The van der Waals surface area contributed by atoms with Crippen molar-refractivity contribution in [2.75, 3.05) is 46.4 Å². The van der Waals surface area contributed by atoms with Crippen molar-refractivity contribution in [3.63, 3.8) is 0 Å². The van der Waals surface area contributed by atoms with Crippen LogP contribution < -0.4 is 25.0 Å². The number of hydrogen-bond acceptors (Lipinski definition) is 6. The van der Waals surface area contributed by atoms with Crippen molar-refractivity contribution in [1.82, 2.24) is 10.6 Å². The van der Waals surface area contributed by atoms with Gasteiger partial charge in [-0.2, -0.15) is 0 Å². The first-order valence-corrected chi connectivity index (χ1v) is 8.14. The standard InChI is InChI=1S/C17H25N3O6/c1-23-13-6-5-12(8-14(13)24-2)20-10-11(7-15(20)21)19-17(22)18-9-16(25-3)26-4/h5-6,8,11,16H,7,9-10H2,1-4H3,(H2,18,19,22). The van der Waals surface area contributed by atoms with Gasteiger partial charge in [0.25, 0.3) is 0 Å². The molecule has 0 aliphatic carbocycles. The second-order valence-corrected chi connectivity index (χ2v) is 5.70. The van der Waals surface area contributed by atoms with Gasteiger partial charge in [0, 0.05) is 38.9 Å². The van der Waals surface area contributed by atoms with Crippen molar-refractivity contribution in [2.45, 2.75) is 18.8 Å². The van der Waals surface area contributed by atoms with Gasteiger partial charge in [-0.05, 0) is 12.1 Å². The summed E-state index contributed by atoms with van der Waals surface area (Å²) in [5.74, 6) is 1.05. The second-order valence-electron chi connectivity index (χ2n) is 5.70. The Morgan fingerprint density at radius 1 is 1.19 bits per heavy atom. The fourth-order valence-corrected chi connectivity index (χ4v) is 2.72. The van der Waals surface area contributed by atoms with E-state index in [0.717, 1.165) is 0 Å². The van der Waals surface area contributed by atoms with E-state index in [1.165, 1.54) is 21.3 Å². The van der Waals surface area contributed by atoms with Gasteiger partial charge in [-0.25, -0.2) is 4.79 Å². The monoisotopic (exact) mass is 367 g/mol. The maximum atomic E-state index is 12.3. The van der Waals surface area contributed by atoms with Gasteiger partial charge in [-0.1, -0.05) is 0 Å². The van der Waals surface area contributed by atoms with Gasteiger partial charge in [-0.15, -0.1) is 0 Å². The highest BCUT2D eigenvalue weighted by Gasteiger charge is 2.32. The fourth-order valence-electron chi connectivity index (χ4n) is 2.72. The molecule has 144 valence electrons. The molecule has 26 heavy (non-hydrogen) atoms. The van der Waals surface area contributed by atoms with E-state index in [1.807, 2.05) is 0 Å². The number of anilines is 1. The summed E-state index contributed by atoms with van der Waals surface area (Å²) in [5, 5.41) is 5.43. The van der Waals surface area contributed by atoms with Crippen LogP contribution in [0.25, 0.3) is 0 Å². The van der Waals surface area contributed by atoms with Crippen LogP contribution in [0.5, 0.6) is 11.5 Å². The van der Waals surface area contributed by atoms with Crippen molar-refractivity contribution in [1.29, 1.82) is 0 Å². The summed E-state index contributed by atoms with van der Waals surface area (Å²) >= 11 is 0. The lowest BCUT2D eigenvalue weighted by Gasteiger charge is -2.19. The molecule has 9 heteroatoms. The normalized spacial score (nSPS) is 16.7. The average molecular weight is 367 g/mol. The molecule has 1 aliphatic heterocycles. The van der Waals surface area contributed by atoms with Crippen molar-refractivity contribution in [2.24, 2.45) is 0 Å². The SMILES string of the molecule is COc1ccc(N2CC(NC(=O)NCC(OC)OC)CC2=O)cc1OC. The zero-order chi connectivity index (χ0) is 19.1. The molecule has 0 bridgehead atoms. The Labute approximate surface area is 152 Å². The van der Waals surface area contributed by atoms with E-state index in [2.05, 4.69) is 10.6 Å². The van der Waals surface area contributed by atoms with Crippen molar-refractivity contribution >= 4 is 17.6 Å². The van der Waals surface area contributed by atoms with E-state index in [-0.39, 0.29) is 30.9 Å². The minimum atomic E-state index is -0.519. The number of ether oxygens (including phenoxy) is 4. The van der Waals surface area contributed by atoms with Crippen LogP contribution in [0.3, 0.4) is 0 Å². The number of nitrogens with one attached hydrogen (secondary N) is 2. The second kappa shape index (κ2) is 9.25. The molecule has 9 nitrogen and oxygen atoms in total. The van der Waals surface area contributed by atoms with E-state index in [1.54, 1.807) is 30.2 Å². The minimum absolute atomic E-state index is 0.0748. The lowest BCUT2D eigenvalue weighted by molar-refractivity contribution is -0.117. The third-order valence-corrected chi connectivity index (χ3v) is 4.09. The number of nitrogens with zero attached hydrogens (tertiary/aromatic N) is 1. The van der Waals surface area contributed by atoms with Crippen molar-refractivity contribution < 1.29 is 28.5 Å². The number of benzene rings is 1. The molecule has 0 spiro atoms. The van der Waals surface area contributed by atoms with Crippen LogP contribution in [0, 0.1) is 0 Å². The first-order valence-electron chi connectivity index (χ1n) is 8.14. The number of carbonyl (C=O) groups is 2. The van der Waals surface area contributed by atoms with Gasteiger partial charge < -0.3 is 34.5 Å². The van der Waals surface area contributed by atoms with Crippen LogP contribution in [0.2, 0.25) is 0 Å². The number of methoxy groups -OCH3 is 4. The molecular weight excluding hydrogens is 342 g/mol. The average Bonchev–Trinajstić information content (AvgIpc) is 3.01. The van der Waals surface area contributed by atoms with E-state index in [4.69, 9.17) is 18.9 Å². The number of rotatable bonds is 8. The predicted molar refractivity (Wildman–Crippen MR) is 94.6 cm³/mol. The molecule has 1 heterocycles. The van der Waals surface area contributed by atoms with E-state index < -0.39 is 6.29 Å². The van der Waals surface area contributed by atoms with Gasteiger partial charge in [-0.3, -0.25) is 4.79 Å². The molecular formula is C17H25N3O6. The Bertz CT molecular complexity index is 635. The first kappa shape index (κ1) is 19.8. The number of urea groups is 1. The molecule has 0 aromatic heterocycles. The Hall–Kier alpha value is -2.52. The Balaban J connectivity index is 1.95. The summed E-state index contributed by atoms with van der Waals surface area (Å²) in [6.45, 7) is 0.582. The Kier molecular flexibility index (Phi) is 7.05. The Morgan fingerprint density at radius 3 is 2.50 bits per heavy atom. The molecule has 1 saturated heterocycles. The maximum Gasteiger partial charge on any atom is 0.315 e. The van der Waals surface area contributed by atoms with Crippen LogP contribution in [0.15, 0.2) is 18.2 Å². The topological polar surface area (TPSA) is 98.4 Å². The van der Waals surface area contributed by atoms with Crippen LogP contribution in [-0.4, -0.2) is 65.8 Å². The summed E-state index contributed by atoms with van der Waals surface area (Å²) in [6, 6.07) is 4.59. The fraction of sp³-hybridized carbons (Fsp3) is 0.529. The number of amides is 3. The van der Waals surface area contributed by atoms with Crippen molar-refractivity contribution in [3.05, 3.63) is 18.2 Å². The largest absolute Gasteiger partial charge is 0.493 e. The van der Waals surface area contributed by atoms with Gasteiger partial charge in [0.2, 0.25) is 5.91 Å². The predicted octanol–water partition coefficient (Wildman–Crippen LogP) is 0.727. The van der Waals surface area contributed by atoms with Gasteiger partial charge in [0.05, 0.1) is 26.8 Å². The molecule has 0 radical (unpaired) electrons. The molecule has 1 aromatic rings. The van der Waals surface area contributed by atoms with Crippen LogP contribution in [0.1, 0.15) is 6.42 Å². The van der Waals surface area contributed by atoms with E-state index in [0.29, 0.717) is 23.7 Å². The molecule has 1 atom stereocenters. The Morgan fingerprint density at radius 2 is 1.88 bits per heavy atom. The summed E-state index contributed by atoms with van der Waals surface area (Å²) < 4.78 is 20.5. The third kappa shape index (κ3) is 4.77. The molecule has 3 amide bonds. The summed E-state index contributed by atoms with van der Waals surface area (Å²) in [5.41, 5.74) is 0.691. The zero-order valence-corrected chi connectivity index (χ0v) is 15.4.